The van der Waals surface area contributed by atoms with Gasteiger partial charge in [-0.15, -0.1) is 0 Å². The number of ether oxygens (including phenoxy) is 1. The zero-order chi connectivity index (χ0) is 19.1. The third kappa shape index (κ3) is 4.73. The second-order valence-electron chi connectivity index (χ2n) is 5.88. The van der Waals surface area contributed by atoms with Crippen LogP contribution in [0.3, 0.4) is 0 Å². The van der Waals surface area contributed by atoms with Gasteiger partial charge in [-0.1, -0.05) is 48.5 Å². The molecule has 0 aliphatic heterocycles. The number of benzene rings is 3. The third-order valence-electron chi connectivity index (χ3n) is 4.01. The van der Waals surface area contributed by atoms with E-state index in [9.17, 15) is 9.59 Å². The monoisotopic (exact) mass is 360 g/mol. The van der Waals surface area contributed by atoms with Crippen molar-refractivity contribution in [1.82, 2.24) is 5.32 Å². The van der Waals surface area contributed by atoms with Crippen molar-refractivity contribution in [2.45, 2.75) is 0 Å². The van der Waals surface area contributed by atoms with Gasteiger partial charge >= 0.3 is 0 Å². The van der Waals surface area contributed by atoms with Gasteiger partial charge in [0.25, 0.3) is 5.91 Å². The fraction of sp³-hybridized carbons (Fsp3) is 0.0909. The van der Waals surface area contributed by atoms with E-state index < -0.39 is 0 Å². The van der Waals surface area contributed by atoms with Gasteiger partial charge in [-0.3, -0.25) is 9.59 Å². The molecule has 0 spiro atoms. The number of hydrogen-bond acceptors (Lipinski definition) is 3. The molecule has 2 amide bonds. The predicted molar refractivity (Wildman–Crippen MR) is 106 cm³/mol. The Balaban J connectivity index is 1.69. The van der Waals surface area contributed by atoms with Gasteiger partial charge in [0.1, 0.15) is 5.75 Å². The summed E-state index contributed by atoms with van der Waals surface area (Å²) in [6, 6.07) is 24.0. The summed E-state index contributed by atoms with van der Waals surface area (Å²) in [5.41, 5.74) is 2.92. The van der Waals surface area contributed by atoms with Crippen LogP contribution in [0.4, 0.5) is 5.69 Å². The van der Waals surface area contributed by atoms with Crippen LogP contribution < -0.4 is 15.4 Å². The molecule has 0 fully saturated rings. The standard InChI is InChI=1S/C22H20N2O3/c1-27-20-13-12-17(14-19(20)16-8-4-2-5-9-16)22(26)23-15-21(25)24-18-10-6-3-7-11-18/h2-14H,15H2,1H3,(H,23,26)(H,24,25). The highest BCUT2D eigenvalue weighted by Gasteiger charge is 2.12. The van der Waals surface area contributed by atoms with Crippen LogP contribution >= 0.6 is 0 Å². The van der Waals surface area contributed by atoms with Crippen molar-refractivity contribution in [2.24, 2.45) is 0 Å². The van der Waals surface area contributed by atoms with Crippen molar-refractivity contribution >= 4 is 17.5 Å². The molecule has 0 bridgehead atoms. The average molecular weight is 360 g/mol. The Kier molecular flexibility index (Phi) is 5.84. The minimum Gasteiger partial charge on any atom is -0.496 e. The molecule has 0 saturated heterocycles. The number of hydrogen-bond donors (Lipinski definition) is 2. The van der Waals surface area contributed by atoms with E-state index in [0.717, 1.165) is 11.1 Å². The first-order valence-electron chi connectivity index (χ1n) is 8.54. The molecule has 0 atom stereocenters. The molecule has 3 rings (SSSR count). The highest BCUT2D eigenvalue weighted by Crippen LogP contribution is 2.30. The van der Waals surface area contributed by atoms with E-state index in [0.29, 0.717) is 17.0 Å². The smallest absolute Gasteiger partial charge is 0.251 e. The Hall–Kier alpha value is -3.60. The Morgan fingerprint density at radius 1 is 0.889 bits per heavy atom. The fourth-order valence-corrected chi connectivity index (χ4v) is 2.68. The summed E-state index contributed by atoms with van der Waals surface area (Å²) in [7, 11) is 1.59. The number of amides is 2. The molecule has 5 nitrogen and oxygen atoms in total. The zero-order valence-electron chi connectivity index (χ0n) is 14.9. The summed E-state index contributed by atoms with van der Waals surface area (Å²) in [6.07, 6.45) is 0. The molecular formula is C22H20N2O3. The quantitative estimate of drug-likeness (QED) is 0.704. The first-order valence-corrected chi connectivity index (χ1v) is 8.54. The van der Waals surface area contributed by atoms with E-state index in [1.165, 1.54) is 0 Å². The molecule has 5 heteroatoms. The van der Waals surface area contributed by atoms with Crippen LogP contribution in [0.2, 0.25) is 0 Å². The number of anilines is 1. The second kappa shape index (κ2) is 8.67. The molecule has 0 aliphatic rings. The first-order chi connectivity index (χ1) is 13.2. The van der Waals surface area contributed by atoms with Crippen LogP contribution in [-0.4, -0.2) is 25.5 Å². The molecule has 0 aromatic heterocycles. The maximum absolute atomic E-state index is 12.5. The van der Waals surface area contributed by atoms with Gasteiger partial charge in [0.15, 0.2) is 0 Å². The van der Waals surface area contributed by atoms with Crippen LogP contribution in [0.5, 0.6) is 5.75 Å². The molecule has 27 heavy (non-hydrogen) atoms. The number of para-hydroxylation sites is 1. The van der Waals surface area contributed by atoms with E-state index in [2.05, 4.69) is 10.6 Å². The predicted octanol–water partition coefficient (Wildman–Crippen LogP) is 3.73. The highest BCUT2D eigenvalue weighted by atomic mass is 16.5. The van der Waals surface area contributed by atoms with Gasteiger partial charge in [0.2, 0.25) is 5.91 Å². The van der Waals surface area contributed by atoms with Gasteiger partial charge in [-0.05, 0) is 35.9 Å². The Morgan fingerprint density at radius 2 is 1.56 bits per heavy atom. The number of rotatable bonds is 6. The van der Waals surface area contributed by atoms with Crippen LogP contribution in [0.1, 0.15) is 10.4 Å². The fourth-order valence-electron chi connectivity index (χ4n) is 2.68. The van der Waals surface area contributed by atoms with Crippen molar-refractivity contribution in [1.29, 1.82) is 0 Å². The Labute approximate surface area is 158 Å². The lowest BCUT2D eigenvalue weighted by atomic mass is 10.0. The van der Waals surface area contributed by atoms with E-state index >= 15 is 0 Å². The minimum absolute atomic E-state index is 0.111. The number of carbonyl (C=O) groups excluding carboxylic acids is 2. The molecule has 0 radical (unpaired) electrons. The molecule has 2 N–H and O–H groups in total. The molecule has 136 valence electrons. The molecule has 3 aromatic rings. The summed E-state index contributed by atoms with van der Waals surface area (Å²) < 4.78 is 5.40. The summed E-state index contributed by atoms with van der Waals surface area (Å²) in [4.78, 5) is 24.4. The molecule has 0 saturated carbocycles. The summed E-state index contributed by atoms with van der Waals surface area (Å²) >= 11 is 0. The molecule has 0 aliphatic carbocycles. The summed E-state index contributed by atoms with van der Waals surface area (Å²) in [5, 5.41) is 5.37. The van der Waals surface area contributed by atoms with Crippen LogP contribution in [0, 0.1) is 0 Å². The average Bonchev–Trinajstić information content (AvgIpc) is 2.73. The van der Waals surface area contributed by atoms with Gasteiger partial charge in [0, 0.05) is 16.8 Å². The summed E-state index contributed by atoms with van der Waals surface area (Å²) in [6.45, 7) is -0.111. The minimum atomic E-state index is -0.321. The number of methoxy groups -OCH3 is 1. The SMILES string of the molecule is COc1ccc(C(=O)NCC(=O)Nc2ccccc2)cc1-c1ccccc1. The zero-order valence-corrected chi connectivity index (χ0v) is 14.9. The second-order valence-corrected chi connectivity index (χ2v) is 5.88. The largest absolute Gasteiger partial charge is 0.496 e. The molecular weight excluding hydrogens is 340 g/mol. The number of carbonyl (C=O) groups is 2. The normalized spacial score (nSPS) is 10.1. The molecule has 0 unspecified atom stereocenters. The molecule has 0 heterocycles. The lowest BCUT2D eigenvalue weighted by molar-refractivity contribution is -0.115. The van der Waals surface area contributed by atoms with E-state index in [1.807, 2.05) is 48.5 Å². The van der Waals surface area contributed by atoms with E-state index in [4.69, 9.17) is 4.74 Å². The van der Waals surface area contributed by atoms with Crippen molar-refractivity contribution in [2.75, 3.05) is 19.0 Å². The van der Waals surface area contributed by atoms with Crippen molar-refractivity contribution in [3.05, 3.63) is 84.4 Å². The lowest BCUT2D eigenvalue weighted by Gasteiger charge is -2.11. The highest BCUT2D eigenvalue weighted by molar-refractivity contribution is 6.00. The topological polar surface area (TPSA) is 67.4 Å². The third-order valence-corrected chi connectivity index (χ3v) is 4.01. The van der Waals surface area contributed by atoms with E-state index in [1.54, 1.807) is 37.4 Å². The Bertz CT molecular complexity index is 925. The molecule has 3 aromatic carbocycles. The van der Waals surface area contributed by atoms with Crippen LogP contribution in [0.25, 0.3) is 11.1 Å². The van der Waals surface area contributed by atoms with Crippen molar-refractivity contribution in [3.8, 4) is 16.9 Å². The lowest BCUT2D eigenvalue weighted by Crippen LogP contribution is -2.32. The maximum Gasteiger partial charge on any atom is 0.251 e. The van der Waals surface area contributed by atoms with Crippen LogP contribution in [-0.2, 0) is 4.79 Å². The van der Waals surface area contributed by atoms with Crippen molar-refractivity contribution < 1.29 is 14.3 Å². The van der Waals surface area contributed by atoms with Crippen molar-refractivity contribution in [3.63, 3.8) is 0 Å². The van der Waals surface area contributed by atoms with Crippen LogP contribution in [0.15, 0.2) is 78.9 Å². The summed E-state index contributed by atoms with van der Waals surface area (Å²) in [5.74, 6) is 0.0731. The maximum atomic E-state index is 12.5. The van der Waals surface area contributed by atoms with Gasteiger partial charge < -0.3 is 15.4 Å². The Morgan fingerprint density at radius 3 is 2.22 bits per heavy atom. The number of nitrogens with one attached hydrogen (secondary N) is 2. The first kappa shape index (κ1) is 18.2. The van der Waals surface area contributed by atoms with Gasteiger partial charge in [-0.25, -0.2) is 0 Å². The van der Waals surface area contributed by atoms with Gasteiger partial charge in [0.05, 0.1) is 13.7 Å². The van der Waals surface area contributed by atoms with E-state index in [-0.39, 0.29) is 18.4 Å². The van der Waals surface area contributed by atoms with Gasteiger partial charge in [-0.2, -0.15) is 0 Å².